The standard InChI is InChI=1S/C28H36N4O2S/c29-28(33)30-26-22-11-1-2-13-24(22)35-25(26)14-3-5-15-31-16-8-17-32(19-18-31)23-12-7-10-21-9-4-6-20-34-27(21)23/h1-2,7,10-13H,3-6,8-9,14-20H2,(H3,29,30,33). The summed E-state index contributed by atoms with van der Waals surface area (Å²) in [7, 11) is 0. The van der Waals surface area contributed by atoms with E-state index in [9.17, 15) is 4.79 Å². The van der Waals surface area contributed by atoms with Gasteiger partial charge in [-0.1, -0.05) is 30.3 Å². The lowest BCUT2D eigenvalue weighted by atomic mass is 10.1. The number of amides is 2. The average Bonchev–Trinajstić information content (AvgIpc) is 3.05. The number of nitrogens with two attached hydrogens (primary N) is 1. The molecular formula is C28H36N4O2S. The number of unbranched alkanes of at least 4 members (excludes halogenated alkanes) is 1. The maximum atomic E-state index is 11.6. The van der Waals surface area contributed by atoms with Gasteiger partial charge in [0.15, 0.2) is 0 Å². The number of urea groups is 1. The van der Waals surface area contributed by atoms with Crippen LogP contribution in [-0.2, 0) is 12.8 Å². The normalized spacial score (nSPS) is 16.9. The molecule has 0 aliphatic carbocycles. The smallest absolute Gasteiger partial charge is 0.316 e. The predicted octanol–water partition coefficient (Wildman–Crippen LogP) is 5.64. The number of para-hydroxylation sites is 1. The minimum absolute atomic E-state index is 0.496. The van der Waals surface area contributed by atoms with E-state index in [-0.39, 0.29) is 0 Å². The van der Waals surface area contributed by atoms with Crippen LogP contribution < -0.4 is 20.7 Å². The van der Waals surface area contributed by atoms with Gasteiger partial charge >= 0.3 is 6.03 Å². The zero-order valence-electron chi connectivity index (χ0n) is 20.4. The molecule has 3 heterocycles. The predicted molar refractivity (Wildman–Crippen MR) is 146 cm³/mol. The molecule has 0 bridgehead atoms. The zero-order valence-corrected chi connectivity index (χ0v) is 21.2. The Kier molecular flexibility index (Phi) is 7.74. The Bertz CT molecular complexity index is 1160. The summed E-state index contributed by atoms with van der Waals surface area (Å²) in [5.41, 5.74) is 8.99. The fourth-order valence-corrected chi connectivity index (χ4v) is 6.57. The van der Waals surface area contributed by atoms with E-state index in [0.29, 0.717) is 0 Å². The van der Waals surface area contributed by atoms with Crippen molar-refractivity contribution in [1.29, 1.82) is 0 Å². The number of carbonyl (C=O) groups is 1. The van der Waals surface area contributed by atoms with Gasteiger partial charge < -0.3 is 25.6 Å². The van der Waals surface area contributed by atoms with Crippen LogP contribution in [0.2, 0.25) is 0 Å². The van der Waals surface area contributed by atoms with Crippen molar-refractivity contribution in [2.24, 2.45) is 5.73 Å². The molecule has 3 N–H and O–H groups in total. The number of primary amides is 1. The maximum absolute atomic E-state index is 11.6. The quantitative estimate of drug-likeness (QED) is 0.419. The fourth-order valence-electron chi connectivity index (χ4n) is 5.36. The molecule has 3 aromatic rings. The van der Waals surface area contributed by atoms with Gasteiger partial charge in [-0.15, -0.1) is 11.3 Å². The van der Waals surface area contributed by atoms with Crippen molar-refractivity contribution >= 4 is 38.8 Å². The van der Waals surface area contributed by atoms with E-state index < -0.39 is 6.03 Å². The molecule has 0 atom stereocenters. The molecule has 0 unspecified atom stereocenters. The maximum Gasteiger partial charge on any atom is 0.316 e. The SMILES string of the molecule is NC(=O)Nc1c(CCCCN2CCCN(c3cccc4c3OCCCC4)CC2)sc2ccccc12. The number of hydrogen-bond acceptors (Lipinski definition) is 5. The molecule has 7 heteroatoms. The second kappa shape index (κ2) is 11.3. The van der Waals surface area contributed by atoms with Crippen LogP contribution in [0, 0.1) is 0 Å². The third kappa shape index (κ3) is 5.73. The molecule has 0 saturated carbocycles. The van der Waals surface area contributed by atoms with Crippen molar-refractivity contribution in [3.05, 3.63) is 52.9 Å². The Morgan fingerprint density at radius 1 is 1.00 bits per heavy atom. The summed E-state index contributed by atoms with van der Waals surface area (Å²) < 4.78 is 7.39. The van der Waals surface area contributed by atoms with Gasteiger partial charge in [-0.05, 0) is 75.7 Å². The van der Waals surface area contributed by atoms with E-state index in [1.807, 2.05) is 12.1 Å². The Balaban J connectivity index is 1.15. The van der Waals surface area contributed by atoms with Crippen LogP contribution >= 0.6 is 11.3 Å². The van der Waals surface area contributed by atoms with Gasteiger partial charge in [0, 0.05) is 34.6 Å². The zero-order chi connectivity index (χ0) is 24.0. The minimum atomic E-state index is -0.496. The summed E-state index contributed by atoms with van der Waals surface area (Å²) in [5, 5.41) is 3.95. The molecule has 2 amide bonds. The lowest BCUT2D eigenvalue weighted by Crippen LogP contribution is -2.31. The summed E-state index contributed by atoms with van der Waals surface area (Å²) in [6, 6.07) is 14.4. The second-order valence-electron chi connectivity index (χ2n) is 9.60. The summed E-state index contributed by atoms with van der Waals surface area (Å²) in [6.07, 6.45) is 7.86. The molecule has 35 heavy (non-hydrogen) atoms. The van der Waals surface area contributed by atoms with Crippen LogP contribution in [0.1, 0.15) is 42.5 Å². The van der Waals surface area contributed by atoms with E-state index in [1.54, 1.807) is 11.3 Å². The van der Waals surface area contributed by atoms with Crippen LogP contribution in [0.3, 0.4) is 0 Å². The van der Waals surface area contributed by atoms with Crippen molar-refractivity contribution in [3.8, 4) is 5.75 Å². The molecule has 1 saturated heterocycles. The number of hydrogen-bond donors (Lipinski definition) is 2. The molecule has 5 rings (SSSR count). The first-order chi connectivity index (χ1) is 17.2. The number of anilines is 2. The first-order valence-electron chi connectivity index (χ1n) is 13.0. The monoisotopic (exact) mass is 492 g/mol. The highest BCUT2D eigenvalue weighted by molar-refractivity contribution is 7.19. The first-order valence-corrected chi connectivity index (χ1v) is 13.8. The molecule has 2 aromatic carbocycles. The summed E-state index contributed by atoms with van der Waals surface area (Å²) in [5.74, 6) is 1.13. The van der Waals surface area contributed by atoms with Crippen LogP contribution in [0.4, 0.5) is 16.2 Å². The molecule has 0 spiro atoms. The van der Waals surface area contributed by atoms with Crippen molar-refractivity contribution in [2.75, 3.05) is 49.5 Å². The highest BCUT2D eigenvalue weighted by atomic mass is 32.1. The Morgan fingerprint density at radius 3 is 2.83 bits per heavy atom. The third-order valence-corrected chi connectivity index (χ3v) is 8.37. The minimum Gasteiger partial charge on any atom is -0.491 e. The highest BCUT2D eigenvalue weighted by Gasteiger charge is 2.21. The molecule has 186 valence electrons. The van der Waals surface area contributed by atoms with Crippen LogP contribution in [0.25, 0.3) is 10.1 Å². The van der Waals surface area contributed by atoms with Crippen LogP contribution in [0.5, 0.6) is 5.75 Å². The number of carbonyl (C=O) groups excluding carboxylic acids is 1. The lowest BCUT2D eigenvalue weighted by Gasteiger charge is -2.26. The Hall–Kier alpha value is -2.77. The fraction of sp³-hybridized carbons (Fsp3) is 0.464. The van der Waals surface area contributed by atoms with E-state index >= 15 is 0 Å². The number of rotatable bonds is 7. The Labute approximate surface area is 212 Å². The first kappa shape index (κ1) is 23.9. The lowest BCUT2D eigenvalue weighted by molar-refractivity contribution is 0.259. The molecule has 1 aromatic heterocycles. The van der Waals surface area contributed by atoms with Gasteiger partial charge in [-0.2, -0.15) is 0 Å². The number of nitrogens with zero attached hydrogens (tertiary/aromatic N) is 2. The van der Waals surface area contributed by atoms with Gasteiger partial charge in [-0.3, -0.25) is 0 Å². The van der Waals surface area contributed by atoms with Gasteiger partial charge in [0.1, 0.15) is 5.75 Å². The molecule has 6 nitrogen and oxygen atoms in total. The largest absolute Gasteiger partial charge is 0.491 e. The van der Waals surface area contributed by atoms with E-state index in [4.69, 9.17) is 10.5 Å². The van der Waals surface area contributed by atoms with Crippen LogP contribution in [0.15, 0.2) is 42.5 Å². The second-order valence-corrected chi connectivity index (χ2v) is 10.7. The van der Waals surface area contributed by atoms with Crippen molar-refractivity contribution in [3.63, 3.8) is 0 Å². The number of ether oxygens (including phenoxy) is 1. The molecule has 1 fully saturated rings. The number of fused-ring (bicyclic) bond motifs is 2. The van der Waals surface area contributed by atoms with Gasteiger partial charge in [0.25, 0.3) is 0 Å². The molecular weight excluding hydrogens is 456 g/mol. The number of aryl methyl sites for hydroxylation is 2. The topological polar surface area (TPSA) is 70.8 Å². The third-order valence-electron chi connectivity index (χ3n) is 7.14. The van der Waals surface area contributed by atoms with Crippen molar-refractivity contribution in [1.82, 2.24) is 4.90 Å². The van der Waals surface area contributed by atoms with Gasteiger partial charge in [0.05, 0.1) is 18.0 Å². The molecule has 2 aliphatic heterocycles. The number of benzene rings is 2. The number of thiophene rings is 1. The van der Waals surface area contributed by atoms with Gasteiger partial charge in [-0.25, -0.2) is 4.79 Å². The number of nitrogens with one attached hydrogen (secondary N) is 1. The molecule has 0 radical (unpaired) electrons. The molecule has 2 aliphatic rings. The summed E-state index contributed by atoms with van der Waals surface area (Å²) in [4.78, 5) is 17.9. The van der Waals surface area contributed by atoms with Gasteiger partial charge in [0.2, 0.25) is 0 Å². The van der Waals surface area contributed by atoms with E-state index in [1.165, 1.54) is 33.7 Å². The summed E-state index contributed by atoms with van der Waals surface area (Å²) >= 11 is 1.76. The highest BCUT2D eigenvalue weighted by Crippen LogP contribution is 2.37. The van der Waals surface area contributed by atoms with Crippen LogP contribution in [-0.4, -0.2) is 50.3 Å². The van der Waals surface area contributed by atoms with E-state index in [2.05, 4.69) is 45.4 Å². The average molecular weight is 493 g/mol. The Morgan fingerprint density at radius 2 is 1.91 bits per heavy atom. The van der Waals surface area contributed by atoms with Crippen molar-refractivity contribution < 1.29 is 9.53 Å². The van der Waals surface area contributed by atoms with E-state index in [0.717, 1.165) is 88.3 Å². The van der Waals surface area contributed by atoms with Crippen molar-refractivity contribution in [2.45, 2.75) is 44.9 Å². The summed E-state index contributed by atoms with van der Waals surface area (Å²) in [6.45, 7) is 6.30.